The van der Waals surface area contributed by atoms with Crippen LogP contribution >= 0.6 is 0 Å². The average Bonchev–Trinajstić information content (AvgIpc) is 3.37. The Bertz CT molecular complexity index is 849. The molecule has 2 amide bonds. The van der Waals surface area contributed by atoms with Crippen LogP contribution < -0.4 is 10.6 Å². The minimum Gasteiger partial charge on any atom is -0.326 e. The van der Waals surface area contributed by atoms with Crippen LogP contribution in [0.2, 0.25) is 0 Å². The Morgan fingerprint density at radius 1 is 0.885 bits per heavy atom. The van der Waals surface area contributed by atoms with Crippen molar-refractivity contribution in [3.05, 3.63) is 59.7 Å². The van der Waals surface area contributed by atoms with Crippen molar-refractivity contribution in [3.8, 4) is 0 Å². The quantitative estimate of drug-likeness (QED) is 0.855. The topological polar surface area (TPSA) is 58.2 Å². The van der Waals surface area contributed by atoms with Crippen molar-refractivity contribution < 1.29 is 22.8 Å². The lowest BCUT2D eigenvalue weighted by Gasteiger charge is -2.13. The number of para-hydroxylation sites is 2. The van der Waals surface area contributed by atoms with Gasteiger partial charge in [-0.2, -0.15) is 13.2 Å². The van der Waals surface area contributed by atoms with Gasteiger partial charge in [0.05, 0.1) is 23.1 Å². The highest BCUT2D eigenvalue weighted by atomic mass is 19.4. The molecule has 2 N–H and O–H groups in total. The number of carbonyl (C=O) groups excluding carboxylic acids is 2. The van der Waals surface area contributed by atoms with E-state index in [1.54, 1.807) is 12.1 Å². The fraction of sp³-hybridized carbons (Fsp3) is 0.263. The Balaban J connectivity index is 1.63. The third-order valence-corrected chi connectivity index (χ3v) is 4.36. The van der Waals surface area contributed by atoms with Crippen LogP contribution in [0, 0.1) is 18.8 Å². The van der Waals surface area contributed by atoms with Crippen LogP contribution in [-0.2, 0) is 15.8 Å². The molecule has 0 radical (unpaired) electrons. The van der Waals surface area contributed by atoms with Crippen molar-refractivity contribution in [1.29, 1.82) is 0 Å². The number of nitrogens with one attached hydrogen (secondary N) is 2. The highest BCUT2D eigenvalue weighted by Gasteiger charge is 2.48. The first kappa shape index (κ1) is 18.0. The highest BCUT2D eigenvalue weighted by molar-refractivity contribution is 6.03. The Kier molecular flexibility index (Phi) is 4.71. The molecule has 1 aliphatic carbocycles. The number of hydrogen-bond donors (Lipinski definition) is 2. The average molecular weight is 362 g/mol. The maximum Gasteiger partial charge on any atom is 0.418 e. The van der Waals surface area contributed by atoms with Crippen LogP contribution in [0.5, 0.6) is 0 Å². The molecule has 7 heteroatoms. The lowest BCUT2D eigenvalue weighted by Crippen LogP contribution is -2.22. The zero-order chi connectivity index (χ0) is 18.9. The number of anilines is 2. The summed E-state index contributed by atoms with van der Waals surface area (Å²) < 4.78 is 39.0. The van der Waals surface area contributed by atoms with E-state index < -0.39 is 29.5 Å². The smallest absolute Gasteiger partial charge is 0.326 e. The zero-order valence-corrected chi connectivity index (χ0v) is 13.9. The van der Waals surface area contributed by atoms with Crippen molar-refractivity contribution in [2.24, 2.45) is 11.8 Å². The summed E-state index contributed by atoms with van der Waals surface area (Å²) in [4.78, 5) is 24.5. The first-order chi connectivity index (χ1) is 12.3. The van der Waals surface area contributed by atoms with Gasteiger partial charge in [-0.15, -0.1) is 0 Å². The molecule has 2 aromatic carbocycles. The van der Waals surface area contributed by atoms with E-state index in [4.69, 9.17) is 0 Å². The van der Waals surface area contributed by atoms with Crippen LogP contribution in [-0.4, -0.2) is 11.8 Å². The van der Waals surface area contributed by atoms with Crippen molar-refractivity contribution in [1.82, 2.24) is 0 Å². The summed E-state index contributed by atoms with van der Waals surface area (Å²) in [5.74, 6) is -2.04. The van der Waals surface area contributed by atoms with Crippen LogP contribution in [0.15, 0.2) is 48.5 Å². The number of benzene rings is 2. The molecule has 136 valence electrons. The van der Waals surface area contributed by atoms with Gasteiger partial charge in [-0.3, -0.25) is 9.59 Å². The summed E-state index contributed by atoms with van der Waals surface area (Å²) in [6.45, 7) is 1.85. The second-order valence-electron chi connectivity index (χ2n) is 6.29. The minimum atomic E-state index is -4.56. The molecule has 3 rings (SSSR count). The van der Waals surface area contributed by atoms with Gasteiger partial charge in [0.25, 0.3) is 0 Å². The van der Waals surface area contributed by atoms with E-state index in [1.165, 1.54) is 18.2 Å². The van der Waals surface area contributed by atoms with E-state index in [0.29, 0.717) is 12.1 Å². The van der Waals surface area contributed by atoms with Gasteiger partial charge < -0.3 is 10.6 Å². The van der Waals surface area contributed by atoms with E-state index in [0.717, 1.165) is 11.6 Å². The zero-order valence-electron chi connectivity index (χ0n) is 13.9. The molecular formula is C19H17F3N2O2. The molecule has 1 aliphatic rings. The normalized spacial score (nSPS) is 18.9. The molecule has 2 atom stereocenters. The van der Waals surface area contributed by atoms with E-state index in [2.05, 4.69) is 10.6 Å². The summed E-state index contributed by atoms with van der Waals surface area (Å²) in [6, 6.07) is 12.0. The van der Waals surface area contributed by atoms with E-state index in [-0.39, 0.29) is 11.6 Å². The molecule has 0 aromatic heterocycles. The monoisotopic (exact) mass is 362 g/mol. The second kappa shape index (κ2) is 6.82. The van der Waals surface area contributed by atoms with Crippen LogP contribution in [0.1, 0.15) is 17.5 Å². The van der Waals surface area contributed by atoms with Gasteiger partial charge >= 0.3 is 6.18 Å². The molecule has 4 nitrogen and oxygen atoms in total. The van der Waals surface area contributed by atoms with Crippen molar-refractivity contribution in [2.75, 3.05) is 10.6 Å². The predicted octanol–water partition coefficient (Wildman–Crippen LogP) is 4.23. The Hall–Kier alpha value is -2.83. The Labute approximate surface area is 148 Å². The van der Waals surface area contributed by atoms with Crippen LogP contribution in [0.3, 0.4) is 0 Å². The van der Waals surface area contributed by atoms with Gasteiger partial charge in [0.2, 0.25) is 11.8 Å². The Morgan fingerprint density at radius 3 is 1.96 bits per heavy atom. The SMILES string of the molecule is Cc1ccccc1NC(=O)C1CC1C(=O)Nc1ccccc1C(F)(F)F. The van der Waals surface area contributed by atoms with Gasteiger partial charge in [-0.1, -0.05) is 30.3 Å². The molecule has 0 bridgehead atoms. The van der Waals surface area contributed by atoms with Gasteiger partial charge in [0.15, 0.2) is 0 Å². The first-order valence-electron chi connectivity index (χ1n) is 8.11. The van der Waals surface area contributed by atoms with Crippen molar-refractivity contribution in [3.63, 3.8) is 0 Å². The first-order valence-corrected chi connectivity index (χ1v) is 8.11. The minimum absolute atomic E-state index is 0.296. The molecule has 0 heterocycles. The van der Waals surface area contributed by atoms with Crippen molar-refractivity contribution >= 4 is 23.2 Å². The van der Waals surface area contributed by atoms with Crippen LogP contribution in [0.4, 0.5) is 24.5 Å². The lowest BCUT2D eigenvalue weighted by atomic mass is 10.1. The number of amides is 2. The number of hydrogen-bond acceptors (Lipinski definition) is 2. The summed E-state index contributed by atoms with van der Waals surface area (Å²) in [7, 11) is 0. The maximum atomic E-state index is 13.0. The van der Waals surface area contributed by atoms with Crippen LogP contribution in [0.25, 0.3) is 0 Å². The number of rotatable bonds is 4. The summed E-state index contributed by atoms with van der Waals surface area (Å²) >= 11 is 0. The number of carbonyl (C=O) groups is 2. The number of halogens is 3. The third-order valence-electron chi connectivity index (χ3n) is 4.36. The molecule has 1 saturated carbocycles. The Morgan fingerprint density at radius 2 is 1.38 bits per heavy atom. The molecule has 0 aliphatic heterocycles. The second-order valence-corrected chi connectivity index (χ2v) is 6.29. The van der Waals surface area contributed by atoms with E-state index >= 15 is 0 Å². The molecule has 0 spiro atoms. The third kappa shape index (κ3) is 3.87. The maximum absolute atomic E-state index is 13.0. The fourth-order valence-corrected chi connectivity index (χ4v) is 2.78. The van der Waals surface area contributed by atoms with E-state index in [9.17, 15) is 22.8 Å². The van der Waals surface area contributed by atoms with Crippen molar-refractivity contribution in [2.45, 2.75) is 19.5 Å². The summed E-state index contributed by atoms with van der Waals surface area (Å²) in [6.07, 6.45) is -4.24. The molecule has 2 aromatic rings. The number of aryl methyl sites for hydroxylation is 1. The predicted molar refractivity (Wildman–Crippen MR) is 91.5 cm³/mol. The van der Waals surface area contributed by atoms with E-state index in [1.807, 2.05) is 19.1 Å². The standard InChI is InChI=1S/C19H17F3N2O2/c1-11-6-2-4-8-15(11)23-17(25)12-10-13(12)18(26)24-16-9-5-3-7-14(16)19(20,21)22/h2-9,12-13H,10H2,1H3,(H,23,25)(H,24,26). The molecule has 2 unspecified atom stereocenters. The largest absolute Gasteiger partial charge is 0.418 e. The van der Waals surface area contributed by atoms with Gasteiger partial charge in [-0.05, 0) is 37.1 Å². The molecule has 1 fully saturated rings. The van der Waals surface area contributed by atoms with Gasteiger partial charge in [0, 0.05) is 5.69 Å². The molecule has 26 heavy (non-hydrogen) atoms. The lowest BCUT2D eigenvalue weighted by molar-refractivity contribution is -0.137. The highest BCUT2D eigenvalue weighted by Crippen LogP contribution is 2.41. The number of alkyl halides is 3. The summed E-state index contributed by atoms with van der Waals surface area (Å²) in [5, 5.41) is 5.06. The fourth-order valence-electron chi connectivity index (χ4n) is 2.78. The molecule has 0 saturated heterocycles. The summed E-state index contributed by atoms with van der Waals surface area (Å²) in [5.41, 5.74) is 0.345. The van der Waals surface area contributed by atoms with Gasteiger partial charge in [-0.25, -0.2) is 0 Å². The van der Waals surface area contributed by atoms with Gasteiger partial charge in [0.1, 0.15) is 0 Å². The molecular weight excluding hydrogens is 345 g/mol.